The van der Waals surface area contributed by atoms with Crippen LogP contribution in [-0.4, -0.2) is 24.1 Å². The quantitative estimate of drug-likeness (QED) is 0.176. The van der Waals surface area contributed by atoms with E-state index in [0.29, 0.717) is 17.5 Å². The number of hydrogen-bond acceptors (Lipinski definition) is 4. The maximum atomic E-state index is 5.20. The van der Waals surface area contributed by atoms with Crippen LogP contribution in [0.4, 0.5) is 0 Å². The van der Waals surface area contributed by atoms with Crippen LogP contribution in [0.3, 0.4) is 0 Å². The second-order valence-electron chi connectivity index (χ2n) is 14.4. The van der Waals surface area contributed by atoms with Crippen LogP contribution in [0.25, 0.3) is 100 Å². The largest absolute Gasteiger partial charge is 0.295 e. The molecule has 12 rings (SSSR count). The van der Waals surface area contributed by atoms with Crippen LogP contribution in [0.1, 0.15) is 0 Å². The van der Waals surface area contributed by atoms with E-state index in [4.69, 9.17) is 15.0 Å². The number of aromatic nitrogens is 5. The first kappa shape index (κ1) is 32.0. The topological polar surface area (TPSA) is 48.5 Å². The molecule has 4 heterocycles. The van der Waals surface area contributed by atoms with Gasteiger partial charge in [-0.3, -0.25) is 9.13 Å². The molecule has 3 aromatic heterocycles. The zero-order chi connectivity index (χ0) is 37.5. The van der Waals surface area contributed by atoms with Crippen LogP contribution in [0.15, 0.2) is 198 Å². The molecule has 8 aromatic carbocycles. The van der Waals surface area contributed by atoms with Crippen molar-refractivity contribution in [1.29, 1.82) is 0 Å². The second kappa shape index (κ2) is 12.6. The van der Waals surface area contributed by atoms with E-state index in [2.05, 4.69) is 179 Å². The van der Waals surface area contributed by atoms with Gasteiger partial charge in [-0.05, 0) is 64.4 Å². The van der Waals surface area contributed by atoms with Crippen LogP contribution in [0.5, 0.6) is 0 Å². The van der Waals surface area contributed by atoms with Gasteiger partial charge < -0.3 is 0 Å². The fourth-order valence-corrected chi connectivity index (χ4v) is 9.65. The van der Waals surface area contributed by atoms with Crippen molar-refractivity contribution in [2.75, 3.05) is 0 Å². The van der Waals surface area contributed by atoms with Crippen molar-refractivity contribution in [3.05, 3.63) is 188 Å². The Morgan fingerprint density at radius 3 is 1.81 bits per heavy atom. The maximum Gasteiger partial charge on any atom is 0.164 e. The van der Waals surface area contributed by atoms with Gasteiger partial charge in [0.25, 0.3) is 0 Å². The summed E-state index contributed by atoms with van der Waals surface area (Å²) in [5.41, 5.74) is 11.0. The van der Waals surface area contributed by atoms with Gasteiger partial charge in [0.2, 0.25) is 0 Å². The van der Waals surface area contributed by atoms with Crippen LogP contribution < -0.4 is 0 Å². The third-order valence-corrected chi connectivity index (χ3v) is 12.3. The second-order valence-corrected chi connectivity index (χ2v) is 15.5. The van der Waals surface area contributed by atoms with Crippen molar-refractivity contribution in [2.24, 2.45) is 0 Å². The molecule has 266 valence electrons. The summed E-state index contributed by atoms with van der Waals surface area (Å²) in [6.07, 6.45) is 0. The summed E-state index contributed by atoms with van der Waals surface area (Å²) in [5.74, 6) is 1.91. The minimum atomic E-state index is 0.631. The van der Waals surface area contributed by atoms with Gasteiger partial charge >= 0.3 is 0 Å². The SMILES string of the molecule is c1ccc(-c2nc(-c3ccc(-c4cccc5ccccc45)cc3)nc(-c3ccc4c(c3)-n3c5c(cccc5c5c6ccccc6n(-c6ccccc6)c53)S4)n2)cc1. The van der Waals surface area contributed by atoms with E-state index in [0.717, 1.165) is 39.3 Å². The number of nitrogens with zero attached hydrogens (tertiary/aromatic N) is 5. The summed E-state index contributed by atoms with van der Waals surface area (Å²) >= 11 is 1.82. The van der Waals surface area contributed by atoms with Gasteiger partial charge in [0.05, 0.1) is 16.7 Å². The van der Waals surface area contributed by atoms with Gasteiger partial charge in [0.1, 0.15) is 5.65 Å². The van der Waals surface area contributed by atoms with E-state index < -0.39 is 0 Å². The summed E-state index contributed by atoms with van der Waals surface area (Å²) in [6, 6.07) is 66.6. The van der Waals surface area contributed by atoms with Gasteiger partial charge in [-0.1, -0.05) is 157 Å². The smallest absolute Gasteiger partial charge is 0.164 e. The number of benzene rings is 8. The molecule has 0 spiro atoms. The molecule has 0 unspecified atom stereocenters. The molecule has 0 saturated heterocycles. The third-order valence-electron chi connectivity index (χ3n) is 11.2. The average Bonchev–Trinajstić information content (AvgIpc) is 3.81. The summed E-state index contributed by atoms with van der Waals surface area (Å²) in [7, 11) is 0. The molecule has 1 aliphatic rings. The van der Waals surface area contributed by atoms with Gasteiger partial charge in [-0.2, -0.15) is 0 Å². The molecule has 0 aliphatic carbocycles. The fraction of sp³-hybridized carbons (Fsp3) is 0. The molecule has 0 atom stereocenters. The Balaban J connectivity index is 1.06. The molecule has 0 saturated carbocycles. The number of hydrogen-bond donors (Lipinski definition) is 0. The molecule has 1 aliphatic heterocycles. The molecule has 0 bridgehead atoms. The average molecular weight is 746 g/mol. The highest BCUT2D eigenvalue weighted by molar-refractivity contribution is 7.99. The minimum Gasteiger partial charge on any atom is -0.295 e. The van der Waals surface area contributed by atoms with Crippen molar-refractivity contribution < 1.29 is 0 Å². The first-order valence-corrected chi connectivity index (χ1v) is 19.9. The zero-order valence-electron chi connectivity index (χ0n) is 30.5. The van der Waals surface area contributed by atoms with E-state index in [1.54, 1.807) is 0 Å². The molecular weight excluding hydrogens is 715 g/mol. The summed E-state index contributed by atoms with van der Waals surface area (Å²) < 4.78 is 4.88. The summed E-state index contributed by atoms with van der Waals surface area (Å²) in [4.78, 5) is 17.8. The van der Waals surface area contributed by atoms with E-state index >= 15 is 0 Å². The van der Waals surface area contributed by atoms with Crippen molar-refractivity contribution >= 4 is 55.4 Å². The van der Waals surface area contributed by atoms with Crippen LogP contribution in [0, 0.1) is 0 Å². The van der Waals surface area contributed by atoms with E-state index in [1.165, 1.54) is 53.3 Å². The molecule has 0 fully saturated rings. The molecule has 11 aromatic rings. The standard InChI is InChI=1S/C51H31N5S/c1-3-14-34(15-4-1)48-52-49(35-27-25-33(26-28-35)39-21-11-16-32-13-7-8-19-38(32)39)54-50(53-48)36-29-30-44-43(31-36)56-47-41(22-12-24-45(47)57-44)46-40-20-9-10-23-42(40)55(51(46)56)37-17-5-2-6-18-37/h1-31H. The van der Waals surface area contributed by atoms with Gasteiger partial charge in [0, 0.05) is 48.3 Å². The lowest BCUT2D eigenvalue weighted by molar-refractivity contribution is 1.02. The lowest BCUT2D eigenvalue weighted by Crippen LogP contribution is -2.06. The Kier molecular flexibility index (Phi) is 7.09. The first-order chi connectivity index (χ1) is 28.3. The Hall–Kier alpha value is -7.28. The van der Waals surface area contributed by atoms with Crippen molar-refractivity contribution in [3.63, 3.8) is 0 Å². The lowest BCUT2D eigenvalue weighted by atomic mass is 9.97. The van der Waals surface area contributed by atoms with E-state index in [9.17, 15) is 0 Å². The van der Waals surface area contributed by atoms with Crippen molar-refractivity contribution in [1.82, 2.24) is 24.1 Å². The molecule has 0 N–H and O–H groups in total. The Morgan fingerprint density at radius 1 is 0.404 bits per heavy atom. The lowest BCUT2D eigenvalue weighted by Gasteiger charge is -2.22. The molecule has 0 amide bonds. The molecule has 5 nitrogen and oxygen atoms in total. The van der Waals surface area contributed by atoms with Gasteiger partial charge in [-0.15, -0.1) is 0 Å². The van der Waals surface area contributed by atoms with Crippen molar-refractivity contribution in [2.45, 2.75) is 9.79 Å². The summed E-state index contributed by atoms with van der Waals surface area (Å²) in [5, 5.41) is 6.20. The van der Waals surface area contributed by atoms with Crippen LogP contribution >= 0.6 is 11.8 Å². The predicted octanol–water partition coefficient (Wildman–Crippen LogP) is 13.2. The third kappa shape index (κ3) is 5.01. The Labute approximate surface area is 332 Å². The minimum absolute atomic E-state index is 0.631. The number of fused-ring (bicyclic) bond motifs is 8. The highest BCUT2D eigenvalue weighted by atomic mass is 32.2. The predicted molar refractivity (Wildman–Crippen MR) is 234 cm³/mol. The molecular formula is C51H31N5S. The number of rotatable bonds is 5. The molecule has 57 heavy (non-hydrogen) atoms. The summed E-state index contributed by atoms with van der Waals surface area (Å²) in [6.45, 7) is 0. The monoisotopic (exact) mass is 745 g/mol. The Morgan fingerprint density at radius 2 is 1.00 bits per heavy atom. The fourth-order valence-electron chi connectivity index (χ4n) is 8.58. The van der Waals surface area contributed by atoms with Gasteiger partial charge in [0.15, 0.2) is 17.5 Å². The van der Waals surface area contributed by atoms with E-state index in [-0.39, 0.29) is 0 Å². The highest BCUT2D eigenvalue weighted by Crippen LogP contribution is 2.50. The maximum absolute atomic E-state index is 5.20. The van der Waals surface area contributed by atoms with Gasteiger partial charge in [-0.25, -0.2) is 15.0 Å². The molecule has 0 radical (unpaired) electrons. The number of para-hydroxylation sites is 3. The highest BCUT2D eigenvalue weighted by Gasteiger charge is 2.28. The van der Waals surface area contributed by atoms with E-state index in [1.807, 2.05) is 30.0 Å². The zero-order valence-corrected chi connectivity index (χ0v) is 31.4. The Bertz CT molecular complexity index is 3360. The molecule has 6 heteroatoms. The van der Waals surface area contributed by atoms with Crippen LogP contribution in [-0.2, 0) is 0 Å². The van der Waals surface area contributed by atoms with Crippen LogP contribution in [0.2, 0.25) is 0 Å². The van der Waals surface area contributed by atoms with Crippen molar-refractivity contribution in [3.8, 4) is 56.7 Å². The first-order valence-electron chi connectivity index (χ1n) is 19.1. The normalized spacial score (nSPS) is 12.1.